The Bertz CT molecular complexity index is 993. The second kappa shape index (κ2) is 10.4. The van der Waals surface area contributed by atoms with E-state index in [2.05, 4.69) is 5.32 Å². The van der Waals surface area contributed by atoms with Crippen molar-refractivity contribution in [3.05, 3.63) is 64.8 Å². The number of rotatable bonds is 9. The number of ether oxygens (including phenoxy) is 2. The van der Waals surface area contributed by atoms with Gasteiger partial charge in [0.15, 0.2) is 5.43 Å². The largest absolute Gasteiger partial charge is 0.494 e. The second-order valence-electron chi connectivity index (χ2n) is 7.75. The molecule has 1 aliphatic heterocycles. The fourth-order valence-corrected chi connectivity index (χ4v) is 3.79. The van der Waals surface area contributed by atoms with Gasteiger partial charge in [0.2, 0.25) is 0 Å². The topological polar surface area (TPSA) is 60.7 Å². The van der Waals surface area contributed by atoms with E-state index in [1.807, 2.05) is 42.5 Å². The summed E-state index contributed by atoms with van der Waals surface area (Å²) in [5.74, 6) is 1.29. The summed E-state index contributed by atoms with van der Waals surface area (Å²) in [4.78, 5) is 12.6. The molecule has 1 fully saturated rings. The molecule has 158 valence electrons. The Labute approximate surface area is 177 Å². The van der Waals surface area contributed by atoms with E-state index in [0.717, 1.165) is 44.5 Å². The molecular weight excluding hydrogens is 378 g/mol. The minimum atomic E-state index is -0.0556. The van der Waals surface area contributed by atoms with Gasteiger partial charge in [-0.15, -0.1) is 0 Å². The summed E-state index contributed by atoms with van der Waals surface area (Å²) in [7, 11) is 0. The second-order valence-corrected chi connectivity index (χ2v) is 7.75. The van der Waals surface area contributed by atoms with Crippen LogP contribution in [0.4, 0.5) is 0 Å². The molecule has 1 N–H and O–H groups in total. The lowest BCUT2D eigenvalue weighted by Crippen LogP contribution is -2.38. The number of fused-ring (bicyclic) bond motifs is 1. The fraction of sp³-hybridized carbons (Fsp3) is 0.400. The maximum Gasteiger partial charge on any atom is 0.193 e. The normalized spacial score (nSPS) is 16.6. The van der Waals surface area contributed by atoms with Gasteiger partial charge in [0.05, 0.1) is 24.7 Å². The van der Waals surface area contributed by atoms with Crippen LogP contribution in [0.2, 0.25) is 0 Å². The quantitative estimate of drug-likeness (QED) is 0.518. The molecule has 0 saturated carbocycles. The Balaban J connectivity index is 1.25. The van der Waals surface area contributed by atoms with E-state index < -0.39 is 0 Å². The Morgan fingerprint density at radius 3 is 2.70 bits per heavy atom. The number of hydrogen-bond acceptors (Lipinski definition) is 5. The molecule has 1 unspecified atom stereocenters. The van der Waals surface area contributed by atoms with Gasteiger partial charge in [0.1, 0.15) is 17.1 Å². The number of nitrogens with one attached hydrogen (secondary N) is 1. The monoisotopic (exact) mass is 407 g/mol. The summed E-state index contributed by atoms with van der Waals surface area (Å²) in [6.07, 6.45) is 6.01. The molecule has 0 radical (unpaired) electrons. The Morgan fingerprint density at radius 1 is 1.00 bits per heavy atom. The SMILES string of the molecule is O=c1cc(-c2ccccc2)oc2ccc(OCCCCCCC3CNCCO3)cc12. The van der Waals surface area contributed by atoms with Crippen molar-refractivity contribution in [2.75, 3.05) is 26.3 Å². The zero-order valence-electron chi connectivity index (χ0n) is 17.3. The van der Waals surface area contributed by atoms with Crippen molar-refractivity contribution < 1.29 is 13.9 Å². The highest BCUT2D eigenvalue weighted by Crippen LogP contribution is 2.24. The average molecular weight is 408 g/mol. The van der Waals surface area contributed by atoms with Gasteiger partial charge in [-0.1, -0.05) is 49.6 Å². The molecule has 4 rings (SSSR count). The summed E-state index contributed by atoms with van der Waals surface area (Å²) < 4.78 is 17.5. The molecular formula is C25H29NO4. The molecule has 5 heteroatoms. The van der Waals surface area contributed by atoms with Crippen LogP contribution in [0.1, 0.15) is 32.1 Å². The maximum atomic E-state index is 12.6. The first-order chi connectivity index (χ1) is 14.8. The van der Waals surface area contributed by atoms with Crippen LogP contribution in [-0.4, -0.2) is 32.4 Å². The molecule has 30 heavy (non-hydrogen) atoms. The Hall–Kier alpha value is -2.63. The lowest BCUT2D eigenvalue weighted by molar-refractivity contribution is 0.0220. The predicted octanol–water partition coefficient (Wildman–Crippen LogP) is 4.78. The van der Waals surface area contributed by atoms with E-state index in [9.17, 15) is 4.79 Å². The van der Waals surface area contributed by atoms with Crippen molar-refractivity contribution in [3.8, 4) is 17.1 Å². The van der Waals surface area contributed by atoms with Gasteiger partial charge in [-0.05, 0) is 31.0 Å². The van der Waals surface area contributed by atoms with Crippen molar-refractivity contribution in [3.63, 3.8) is 0 Å². The third-order valence-electron chi connectivity index (χ3n) is 5.45. The van der Waals surface area contributed by atoms with Crippen molar-refractivity contribution in [2.45, 2.75) is 38.2 Å². The van der Waals surface area contributed by atoms with E-state index >= 15 is 0 Å². The van der Waals surface area contributed by atoms with Gasteiger partial charge >= 0.3 is 0 Å². The van der Waals surface area contributed by atoms with E-state index in [0.29, 0.717) is 35.2 Å². The molecule has 1 atom stereocenters. The van der Waals surface area contributed by atoms with Crippen LogP contribution >= 0.6 is 0 Å². The van der Waals surface area contributed by atoms with Crippen LogP contribution in [0.3, 0.4) is 0 Å². The third kappa shape index (κ3) is 5.49. The van der Waals surface area contributed by atoms with Gasteiger partial charge in [-0.2, -0.15) is 0 Å². The number of hydrogen-bond donors (Lipinski definition) is 1. The van der Waals surface area contributed by atoms with Gasteiger partial charge < -0.3 is 19.2 Å². The first-order valence-corrected chi connectivity index (χ1v) is 10.9. The molecule has 1 aromatic heterocycles. The van der Waals surface area contributed by atoms with E-state index in [4.69, 9.17) is 13.9 Å². The molecule has 0 bridgehead atoms. The van der Waals surface area contributed by atoms with E-state index in [1.165, 1.54) is 12.8 Å². The van der Waals surface area contributed by atoms with Crippen molar-refractivity contribution in [1.82, 2.24) is 5.32 Å². The Kier molecular flexibility index (Phi) is 7.16. The molecule has 1 aliphatic rings. The van der Waals surface area contributed by atoms with Crippen molar-refractivity contribution >= 4 is 11.0 Å². The van der Waals surface area contributed by atoms with Crippen molar-refractivity contribution in [2.24, 2.45) is 0 Å². The fourth-order valence-electron chi connectivity index (χ4n) is 3.79. The highest BCUT2D eigenvalue weighted by Gasteiger charge is 2.12. The number of morpholine rings is 1. The molecule has 0 amide bonds. The predicted molar refractivity (Wildman–Crippen MR) is 119 cm³/mol. The molecule has 2 aromatic carbocycles. The zero-order valence-corrected chi connectivity index (χ0v) is 17.3. The first kappa shape index (κ1) is 20.6. The maximum absolute atomic E-state index is 12.6. The average Bonchev–Trinajstić information content (AvgIpc) is 2.80. The van der Waals surface area contributed by atoms with Crippen LogP contribution < -0.4 is 15.5 Å². The Morgan fingerprint density at radius 2 is 1.87 bits per heavy atom. The molecule has 1 saturated heterocycles. The number of benzene rings is 2. The highest BCUT2D eigenvalue weighted by atomic mass is 16.5. The van der Waals surface area contributed by atoms with E-state index in [-0.39, 0.29) is 5.43 Å². The van der Waals surface area contributed by atoms with Crippen LogP contribution in [0.5, 0.6) is 5.75 Å². The van der Waals surface area contributed by atoms with Crippen LogP contribution in [0.15, 0.2) is 63.8 Å². The highest BCUT2D eigenvalue weighted by molar-refractivity contribution is 5.80. The van der Waals surface area contributed by atoms with Gasteiger partial charge in [0, 0.05) is 24.7 Å². The third-order valence-corrected chi connectivity index (χ3v) is 5.45. The smallest absolute Gasteiger partial charge is 0.193 e. The number of unbranched alkanes of at least 4 members (excludes halogenated alkanes) is 3. The molecule has 3 aromatic rings. The summed E-state index contributed by atoms with van der Waals surface area (Å²) in [6.45, 7) is 3.43. The van der Waals surface area contributed by atoms with Crippen LogP contribution in [0.25, 0.3) is 22.3 Å². The minimum absolute atomic E-state index is 0.0556. The van der Waals surface area contributed by atoms with Gasteiger partial charge in [-0.25, -0.2) is 0 Å². The summed E-state index contributed by atoms with van der Waals surface area (Å²) in [6, 6.07) is 16.7. The lowest BCUT2D eigenvalue weighted by atomic mass is 10.1. The van der Waals surface area contributed by atoms with Crippen molar-refractivity contribution in [1.29, 1.82) is 0 Å². The molecule has 2 heterocycles. The van der Waals surface area contributed by atoms with Crippen LogP contribution in [0, 0.1) is 0 Å². The summed E-state index contributed by atoms with van der Waals surface area (Å²) in [5.41, 5.74) is 1.41. The molecule has 0 spiro atoms. The van der Waals surface area contributed by atoms with E-state index in [1.54, 1.807) is 12.1 Å². The van der Waals surface area contributed by atoms with Gasteiger partial charge in [0.25, 0.3) is 0 Å². The zero-order chi connectivity index (χ0) is 20.6. The molecule has 5 nitrogen and oxygen atoms in total. The summed E-state index contributed by atoms with van der Waals surface area (Å²) >= 11 is 0. The van der Waals surface area contributed by atoms with Gasteiger partial charge in [-0.3, -0.25) is 4.79 Å². The standard InChI is InChI=1S/C25H29NO4/c27-23-17-25(19-8-4-3-5-9-19)30-24-12-11-20(16-22(23)24)28-14-7-2-1-6-10-21-18-26-13-15-29-21/h3-5,8-9,11-12,16-17,21,26H,1-2,6-7,10,13-15,18H2. The molecule has 0 aliphatic carbocycles. The lowest BCUT2D eigenvalue weighted by Gasteiger charge is -2.23. The first-order valence-electron chi connectivity index (χ1n) is 10.9. The minimum Gasteiger partial charge on any atom is -0.494 e. The summed E-state index contributed by atoms with van der Waals surface area (Å²) in [5, 5.41) is 3.92. The van der Waals surface area contributed by atoms with Crippen LogP contribution in [-0.2, 0) is 4.74 Å².